The summed E-state index contributed by atoms with van der Waals surface area (Å²) >= 11 is 0. The normalized spacial score (nSPS) is 22.2. The summed E-state index contributed by atoms with van der Waals surface area (Å²) in [5.41, 5.74) is 0. The third-order valence-corrected chi connectivity index (χ3v) is 2.12. The molecule has 1 fully saturated rings. The van der Waals surface area contributed by atoms with Gasteiger partial charge in [0, 0.05) is 19.6 Å². The molecule has 1 rings (SSSR count). The molecule has 3 heteroatoms. The van der Waals surface area contributed by atoms with Crippen LogP contribution in [0.2, 0.25) is 0 Å². The van der Waals surface area contributed by atoms with Crippen molar-refractivity contribution in [2.45, 2.75) is 33.0 Å². The molecule has 0 spiro atoms. The van der Waals surface area contributed by atoms with Gasteiger partial charge in [-0.15, -0.1) is 0 Å². The molecule has 0 aromatic rings. The molecule has 0 unspecified atom stereocenters. The third kappa shape index (κ3) is 4.60. The van der Waals surface area contributed by atoms with Crippen LogP contribution in [0.5, 0.6) is 0 Å². The number of nitrogens with zero attached hydrogens (tertiary/aromatic N) is 1. The number of hydrogen-bond acceptors (Lipinski definition) is 3. The number of morpholine rings is 1. The zero-order valence-corrected chi connectivity index (χ0v) is 8.95. The monoisotopic (exact) mass is 187 g/mol. The van der Waals surface area contributed by atoms with Crippen LogP contribution in [-0.2, 0) is 9.47 Å². The molecular formula is C10H21NO2. The van der Waals surface area contributed by atoms with Gasteiger partial charge >= 0.3 is 0 Å². The summed E-state index contributed by atoms with van der Waals surface area (Å²) in [6.45, 7) is 11.2. The first-order chi connectivity index (χ1) is 6.18. The SMILES string of the molecule is CC(C)O[C@H](C)CN1CCOCC1. The lowest BCUT2D eigenvalue weighted by Gasteiger charge is -2.29. The van der Waals surface area contributed by atoms with Crippen LogP contribution in [0.25, 0.3) is 0 Å². The fourth-order valence-electron chi connectivity index (χ4n) is 1.65. The van der Waals surface area contributed by atoms with E-state index in [1.807, 2.05) is 0 Å². The van der Waals surface area contributed by atoms with Crippen molar-refractivity contribution in [2.24, 2.45) is 0 Å². The Kier molecular flexibility index (Phi) is 4.70. The highest BCUT2D eigenvalue weighted by Crippen LogP contribution is 2.03. The fraction of sp³-hybridized carbons (Fsp3) is 1.00. The molecule has 0 radical (unpaired) electrons. The first-order valence-corrected chi connectivity index (χ1v) is 5.14. The average molecular weight is 187 g/mol. The van der Waals surface area contributed by atoms with E-state index >= 15 is 0 Å². The maximum absolute atomic E-state index is 5.67. The Bertz CT molecular complexity index is 133. The van der Waals surface area contributed by atoms with Gasteiger partial charge < -0.3 is 9.47 Å². The van der Waals surface area contributed by atoms with Crippen molar-refractivity contribution in [3.63, 3.8) is 0 Å². The lowest BCUT2D eigenvalue weighted by molar-refractivity contribution is -0.0261. The van der Waals surface area contributed by atoms with Gasteiger partial charge in [-0.1, -0.05) is 0 Å². The van der Waals surface area contributed by atoms with Crippen molar-refractivity contribution in [3.8, 4) is 0 Å². The molecule has 0 aromatic carbocycles. The van der Waals surface area contributed by atoms with E-state index in [9.17, 15) is 0 Å². The molecule has 0 amide bonds. The van der Waals surface area contributed by atoms with Crippen molar-refractivity contribution >= 4 is 0 Å². The number of hydrogen-bond donors (Lipinski definition) is 0. The lowest BCUT2D eigenvalue weighted by Crippen LogP contribution is -2.41. The summed E-state index contributed by atoms with van der Waals surface area (Å²) in [5, 5.41) is 0. The molecular weight excluding hydrogens is 166 g/mol. The molecule has 78 valence electrons. The van der Waals surface area contributed by atoms with Crippen LogP contribution < -0.4 is 0 Å². The summed E-state index contributed by atoms with van der Waals surface area (Å²) in [6.07, 6.45) is 0.661. The number of ether oxygens (including phenoxy) is 2. The highest BCUT2D eigenvalue weighted by atomic mass is 16.5. The van der Waals surface area contributed by atoms with Crippen molar-refractivity contribution < 1.29 is 9.47 Å². The van der Waals surface area contributed by atoms with Crippen LogP contribution in [0.1, 0.15) is 20.8 Å². The Morgan fingerprint density at radius 1 is 1.23 bits per heavy atom. The minimum absolute atomic E-state index is 0.330. The van der Waals surface area contributed by atoms with E-state index in [2.05, 4.69) is 25.7 Å². The molecule has 0 aliphatic carbocycles. The van der Waals surface area contributed by atoms with Crippen molar-refractivity contribution in [3.05, 3.63) is 0 Å². The van der Waals surface area contributed by atoms with Crippen LogP contribution in [0.3, 0.4) is 0 Å². The molecule has 1 atom stereocenters. The largest absolute Gasteiger partial charge is 0.379 e. The molecule has 0 aromatic heterocycles. The van der Waals surface area contributed by atoms with E-state index in [-0.39, 0.29) is 0 Å². The minimum Gasteiger partial charge on any atom is -0.379 e. The standard InChI is InChI=1S/C10H21NO2/c1-9(2)13-10(3)8-11-4-6-12-7-5-11/h9-10H,4-8H2,1-3H3/t10-/m1/s1. The molecule has 1 aliphatic heterocycles. The Hall–Kier alpha value is -0.120. The molecule has 0 N–H and O–H groups in total. The minimum atomic E-state index is 0.330. The van der Waals surface area contributed by atoms with E-state index in [0.717, 1.165) is 32.8 Å². The van der Waals surface area contributed by atoms with E-state index in [4.69, 9.17) is 9.47 Å². The maximum Gasteiger partial charge on any atom is 0.0677 e. The molecule has 13 heavy (non-hydrogen) atoms. The van der Waals surface area contributed by atoms with Crippen LogP contribution in [0, 0.1) is 0 Å². The Morgan fingerprint density at radius 3 is 2.38 bits per heavy atom. The lowest BCUT2D eigenvalue weighted by atomic mass is 10.3. The van der Waals surface area contributed by atoms with Crippen LogP contribution >= 0.6 is 0 Å². The highest BCUT2D eigenvalue weighted by molar-refractivity contribution is 4.65. The summed E-state index contributed by atoms with van der Waals surface area (Å²) in [4.78, 5) is 2.40. The van der Waals surface area contributed by atoms with Crippen LogP contribution in [0.4, 0.5) is 0 Å². The average Bonchev–Trinajstić information content (AvgIpc) is 2.04. The van der Waals surface area contributed by atoms with E-state index < -0.39 is 0 Å². The van der Waals surface area contributed by atoms with Crippen LogP contribution in [-0.4, -0.2) is 50.0 Å². The molecule has 3 nitrogen and oxygen atoms in total. The molecule has 1 heterocycles. The highest BCUT2D eigenvalue weighted by Gasteiger charge is 2.14. The smallest absolute Gasteiger partial charge is 0.0677 e. The molecule has 1 saturated heterocycles. The number of rotatable bonds is 4. The second-order valence-electron chi connectivity index (χ2n) is 3.91. The predicted octanol–water partition coefficient (Wildman–Crippen LogP) is 1.13. The predicted molar refractivity (Wildman–Crippen MR) is 52.9 cm³/mol. The summed E-state index contributed by atoms with van der Waals surface area (Å²) in [7, 11) is 0. The van der Waals surface area contributed by atoms with Crippen LogP contribution in [0.15, 0.2) is 0 Å². The van der Waals surface area contributed by atoms with Gasteiger partial charge in [0.05, 0.1) is 25.4 Å². The molecule has 0 bridgehead atoms. The Morgan fingerprint density at radius 2 is 1.85 bits per heavy atom. The van der Waals surface area contributed by atoms with Gasteiger partial charge in [-0.2, -0.15) is 0 Å². The van der Waals surface area contributed by atoms with Crippen molar-refractivity contribution in [2.75, 3.05) is 32.8 Å². The summed E-state index contributed by atoms with van der Waals surface area (Å²) in [5.74, 6) is 0. The molecule has 1 aliphatic rings. The van der Waals surface area contributed by atoms with Gasteiger partial charge in [0.2, 0.25) is 0 Å². The maximum atomic E-state index is 5.67. The third-order valence-electron chi connectivity index (χ3n) is 2.12. The Labute approximate surface area is 81.0 Å². The summed E-state index contributed by atoms with van der Waals surface area (Å²) < 4.78 is 11.0. The van der Waals surface area contributed by atoms with Crippen molar-refractivity contribution in [1.29, 1.82) is 0 Å². The quantitative estimate of drug-likeness (QED) is 0.658. The fourth-order valence-corrected chi connectivity index (χ4v) is 1.65. The van der Waals surface area contributed by atoms with Gasteiger partial charge in [-0.25, -0.2) is 0 Å². The molecule has 0 saturated carbocycles. The second kappa shape index (κ2) is 5.58. The topological polar surface area (TPSA) is 21.7 Å². The first kappa shape index (κ1) is 11.0. The zero-order chi connectivity index (χ0) is 9.68. The zero-order valence-electron chi connectivity index (χ0n) is 8.95. The van der Waals surface area contributed by atoms with E-state index in [1.165, 1.54) is 0 Å². The van der Waals surface area contributed by atoms with Gasteiger partial charge in [0.25, 0.3) is 0 Å². The van der Waals surface area contributed by atoms with E-state index in [1.54, 1.807) is 0 Å². The Balaban J connectivity index is 2.14. The van der Waals surface area contributed by atoms with E-state index in [0.29, 0.717) is 12.2 Å². The van der Waals surface area contributed by atoms with Gasteiger partial charge in [0.15, 0.2) is 0 Å². The van der Waals surface area contributed by atoms with Crippen molar-refractivity contribution in [1.82, 2.24) is 4.90 Å². The second-order valence-corrected chi connectivity index (χ2v) is 3.91. The van der Waals surface area contributed by atoms with Gasteiger partial charge in [-0.3, -0.25) is 4.90 Å². The summed E-state index contributed by atoms with van der Waals surface area (Å²) in [6, 6.07) is 0. The van der Waals surface area contributed by atoms with Gasteiger partial charge in [0.1, 0.15) is 0 Å². The van der Waals surface area contributed by atoms with Gasteiger partial charge in [-0.05, 0) is 20.8 Å². The first-order valence-electron chi connectivity index (χ1n) is 5.14.